The van der Waals surface area contributed by atoms with Crippen LogP contribution in [0.15, 0.2) is 36.7 Å². The van der Waals surface area contributed by atoms with E-state index in [2.05, 4.69) is 4.98 Å². The Hall–Kier alpha value is -2.07. The van der Waals surface area contributed by atoms with Gasteiger partial charge in [-0.05, 0) is 36.9 Å². The Bertz CT molecular complexity index is 703. The molecule has 3 aromatic rings. The van der Waals surface area contributed by atoms with E-state index in [0.717, 1.165) is 35.0 Å². The number of benzene rings is 1. The molecule has 2 heterocycles. The summed E-state index contributed by atoms with van der Waals surface area (Å²) in [5, 5.41) is 11.8. The highest BCUT2D eigenvalue weighted by Gasteiger charge is 2.09. The molecule has 0 saturated heterocycles. The van der Waals surface area contributed by atoms with Crippen LogP contribution in [-0.4, -0.2) is 21.0 Å². The number of fused-ring (bicyclic) bond motifs is 3. The fourth-order valence-electron chi connectivity index (χ4n) is 2.31. The number of rotatable bonds is 3. The fourth-order valence-corrected chi connectivity index (χ4v) is 2.31. The number of aromatic nitrogens is 2. The first kappa shape index (κ1) is 11.0. The molecule has 1 aromatic carbocycles. The average Bonchev–Trinajstić information content (AvgIpc) is 2.79. The first-order chi connectivity index (χ1) is 8.81. The van der Waals surface area contributed by atoms with Crippen LogP contribution < -0.4 is 5.73 Å². The average molecular weight is 241 g/mol. The maximum absolute atomic E-state index is 9.98. The highest BCUT2D eigenvalue weighted by atomic mass is 16.3. The second kappa shape index (κ2) is 4.31. The zero-order chi connectivity index (χ0) is 12.5. The van der Waals surface area contributed by atoms with Crippen LogP contribution in [0.25, 0.3) is 16.4 Å². The van der Waals surface area contributed by atoms with Crippen LogP contribution in [0.2, 0.25) is 0 Å². The Kier molecular flexibility index (Phi) is 2.64. The number of hydrogen-bond donors (Lipinski definition) is 2. The molecule has 2 aromatic heterocycles. The molecule has 0 amide bonds. The van der Waals surface area contributed by atoms with Crippen molar-refractivity contribution in [3.05, 3.63) is 42.4 Å². The van der Waals surface area contributed by atoms with Crippen LogP contribution in [-0.2, 0) is 6.42 Å². The molecule has 0 unspecified atom stereocenters. The van der Waals surface area contributed by atoms with Gasteiger partial charge in [-0.25, -0.2) is 4.98 Å². The highest BCUT2D eigenvalue weighted by Crippen LogP contribution is 2.28. The lowest BCUT2D eigenvalue weighted by Gasteiger charge is -2.05. The fraction of sp³-hybridized carbons (Fsp3) is 0.214. The standard InChI is InChI=1S/C14H15N3O/c15-7-2-4-11-9-16-14-13-10(6-8-17(11)14)3-1-5-12(13)18/h1,3,5-6,8-9,18H,2,4,7,15H2. The molecule has 3 rings (SSSR count). The van der Waals surface area contributed by atoms with Crippen LogP contribution >= 0.6 is 0 Å². The van der Waals surface area contributed by atoms with Crippen molar-refractivity contribution in [3.8, 4) is 5.75 Å². The van der Waals surface area contributed by atoms with Crippen LogP contribution in [0.1, 0.15) is 12.1 Å². The van der Waals surface area contributed by atoms with Crippen molar-refractivity contribution in [2.75, 3.05) is 6.54 Å². The highest BCUT2D eigenvalue weighted by molar-refractivity contribution is 5.98. The number of imidazole rings is 1. The molecule has 0 atom stereocenters. The molecule has 0 spiro atoms. The van der Waals surface area contributed by atoms with Crippen LogP contribution in [0.4, 0.5) is 0 Å². The third-order valence-electron chi connectivity index (χ3n) is 3.21. The number of aryl methyl sites for hydroxylation is 1. The number of nitrogens with two attached hydrogens (primary N) is 1. The largest absolute Gasteiger partial charge is 0.507 e. The summed E-state index contributed by atoms with van der Waals surface area (Å²) in [5.41, 5.74) is 7.46. The van der Waals surface area contributed by atoms with Gasteiger partial charge < -0.3 is 15.2 Å². The van der Waals surface area contributed by atoms with Crippen LogP contribution in [0, 0.1) is 0 Å². The minimum absolute atomic E-state index is 0.272. The van der Waals surface area contributed by atoms with Crippen molar-refractivity contribution in [2.24, 2.45) is 5.73 Å². The zero-order valence-corrected chi connectivity index (χ0v) is 10.0. The van der Waals surface area contributed by atoms with Gasteiger partial charge in [0.25, 0.3) is 0 Å². The molecule has 0 radical (unpaired) electrons. The summed E-state index contributed by atoms with van der Waals surface area (Å²) >= 11 is 0. The second-order valence-electron chi connectivity index (χ2n) is 4.39. The summed E-state index contributed by atoms with van der Waals surface area (Å²) in [5.74, 6) is 0.272. The van der Waals surface area contributed by atoms with Crippen molar-refractivity contribution in [1.82, 2.24) is 9.38 Å². The van der Waals surface area contributed by atoms with Crippen molar-refractivity contribution in [1.29, 1.82) is 0 Å². The molecule has 4 nitrogen and oxygen atoms in total. The van der Waals surface area contributed by atoms with Crippen molar-refractivity contribution >= 4 is 16.4 Å². The van der Waals surface area contributed by atoms with Crippen LogP contribution in [0.3, 0.4) is 0 Å². The molecular weight excluding hydrogens is 226 g/mol. The Balaban J connectivity index is 2.26. The van der Waals surface area contributed by atoms with Gasteiger partial charge in [0.15, 0.2) is 0 Å². The first-order valence-corrected chi connectivity index (χ1v) is 6.08. The van der Waals surface area contributed by atoms with Crippen LogP contribution in [0.5, 0.6) is 5.75 Å². The van der Waals surface area contributed by atoms with Gasteiger partial charge in [-0.2, -0.15) is 0 Å². The van der Waals surface area contributed by atoms with Gasteiger partial charge >= 0.3 is 0 Å². The van der Waals surface area contributed by atoms with E-state index in [1.807, 2.05) is 35.0 Å². The number of pyridine rings is 1. The molecule has 0 fully saturated rings. The number of nitrogens with zero attached hydrogens (tertiary/aromatic N) is 2. The topological polar surface area (TPSA) is 63.5 Å². The Labute approximate surface area is 105 Å². The number of phenols is 1. The van der Waals surface area contributed by atoms with E-state index in [0.29, 0.717) is 6.54 Å². The number of aromatic hydroxyl groups is 1. The normalized spacial score (nSPS) is 11.4. The second-order valence-corrected chi connectivity index (χ2v) is 4.39. The molecule has 0 aliphatic rings. The minimum atomic E-state index is 0.272. The maximum atomic E-state index is 9.98. The quantitative estimate of drug-likeness (QED) is 0.738. The minimum Gasteiger partial charge on any atom is -0.507 e. The van der Waals surface area contributed by atoms with Crippen molar-refractivity contribution in [2.45, 2.75) is 12.8 Å². The van der Waals surface area contributed by atoms with E-state index in [1.165, 1.54) is 0 Å². The summed E-state index contributed by atoms with van der Waals surface area (Å²) in [6.45, 7) is 0.673. The molecule has 0 bridgehead atoms. The molecule has 18 heavy (non-hydrogen) atoms. The summed E-state index contributed by atoms with van der Waals surface area (Å²) in [6.07, 6.45) is 5.69. The molecule has 0 aliphatic carbocycles. The summed E-state index contributed by atoms with van der Waals surface area (Å²) in [4.78, 5) is 4.42. The molecule has 92 valence electrons. The van der Waals surface area contributed by atoms with E-state index < -0.39 is 0 Å². The number of hydrogen-bond acceptors (Lipinski definition) is 3. The smallest absolute Gasteiger partial charge is 0.148 e. The Morgan fingerprint density at radius 1 is 1.28 bits per heavy atom. The predicted octanol–water partition coefficient (Wildman–Crippen LogP) is 2.08. The maximum Gasteiger partial charge on any atom is 0.148 e. The monoisotopic (exact) mass is 241 g/mol. The van der Waals surface area contributed by atoms with E-state index in [-0.39, 0.29) is 5.75 Å². The van der Waals surface area contributed by atoms with E-state index >= 15 is 0 Å². The van der Waals surface area contributed by atoms with Crippen molar-refractivity contribution < 1.29 is 5.11 Å². The van der Waals surface area contributed by atoms with E-state index in [1.54, 1.807) is 6.07 Å². The van der Waals surface area contributed by atoms with E-state index in [9.17, 15) is 5.11 Å². The van der Waals surface area contributed by atoms with Gasteiger partial charge in [-0.1, -0.05) is 12.1 Å². The van der Waals surface area contributed by atoms with Gasteiger partial charge in [0.1, 0.15) is 11.4 Å². The number of phenolic OH excluding ortho intramolecular Hbond substituents is 1. The lowest BCUT2D eigenvalue weighted by molar-refractivity contribution is 0.482. The van der Waals surface area contributed by atoms with E-state index in [4.69, 9.17) is 5.73 Å². The predicted molar refractivity (Wildman–Crippen MR) is 71.7 cm³/mol. The third kappa shape index (κ3) is 1.62. The Morgan fingerprint density at radius 3 is 3.00 bits per heavy atom. The molecule has 3 N–H and O–H groups in total. The molecular formula is C14H15N3O. The molecule has 4 heteroatoms. The Morgan fingerprint density at radius 2 is 2.17 bits per heavy atom. The molecule has 0 saturated carbocycles. The van der Waals surface area contributed by atoms with Crippen molar-refractivity contribution in [3.63, 3.8) is 0 Å². The van der Waals surface area contributed by atoms with Gasteiger partial charge in [0.2, 0.25) is 0 Å². The zero-order valence-electron chi connectivity index (χ0n) is 10.0. The third-order valence-corrected chi connectivity index (χ3v) is 3.21. The summed E-state index contributed by atoms with van der Waals surface area (Å²) in [6, 6.07) is 7.50. The lowest BCUT2D eigenvalue weighted by atomic mass is 10.1. The molecule has 0 aliphatic heterocycles. The first-order valence-electron chi connectivity index (χ1n) is 6.08. The van der Waals surface area contributed by atoms with Gasteiger partial charge in [-0.15, -0.1) is 0 Å². The van der Waals surface area contributed by atoms with Gasteiger partial charge in [0, 0.05) is 18.1 Å². The SMILES string of the molecule is NCCCc1cnc2c3c(O)cccc3ccn12. The van der Waals surface area contributed by atoms with Gasteiger partial charge in [-0.3, -0.25) is 0 Å². The summed E-state index contributed by atoms with van der Waals surface area (Å²) < 4.78 is 2.03. The van der Waals surface area contributed by atoms with Gasteiger partial charge in [0.05, 0.1) is 5.39 Å². The lowest BCUT2D eigenvalue weighted by Crippen LogP contribution is -2.02. The summed E-state index contributed by atoms with van der Waals surface area (Å²) in [7, 11) is 0.